The van der Waals surface area contributed by atoms with E-state index >= 15 is 0 Å². The molecule has 0 saturated carbocycles. The summed E-state index contributed by atoms with van der Waals surface area (Å²) in [5.41, 5.74) is -0.0654. The zero-order valence-electron chi connectivity index (χ0n) is 14.2. The minimum atomic E-state index is -0.884. The minimum Gasteiger partial charge on any atom is -0.497 e. The second kappa shape index (κ2) is 7.51. The normalized spacial score (nSPS) is 14.3. The van der Waals surface area contributed by atoms with Gasteiger partial charge in [0, 0.05) is 31.7 Å². The van der Waals surface area contributed by atoms with Crippen LogP contribution < -0.4 is 4.74 Å². The highest BCUT2D eigenvalue weighted by Crippen LogP contribution is 2.18. The van der Waals surface area contributed by atoms with Crippen LogP contribution in [0.3, 0.4) is 0 Å². The van der Waals surface area contributed by atoms with Gasteiger partial charge in [-0.2, -0.15) is 0 Å². The highest BCUT2D eigenvalue weighted by atomic mass is 19.1. The van der Waals surface area contributed by atoms with Gasteiger partial charge in [0.05, 0.1) is 7.11 Å². The highest BCUT2D eigenvalue weighted by molar-refractivity contribution is 5.96. The minimum absolute atomic E-state index is 0.173. The number of ether oxygens (including phenoxy) is 1. The Balaban J connectivity index is 1.67. The molecule has 7 heteroatoms. The maximum atomic E-state index is 13.8. The van der Waals surface area contributed by atoms with Gasteiger partial charge in [0.2, 0.25) is 0 Å². The lowest BCUT2D eigenvalue weighted by Gasteiger charge is -2.35. The summed E-state index contributed by atoms with van der Waals surface area (Å²) in [7, 11) is 1.52. The van der Waals surface area contributed by atoms with Crippen molar-refractivity contribution in [3.63, 3.8) is 0 Å². The molecule has 26 heavy (non-hydrogen) atoms. The molecule has 0 bridgehead atoms. The summed E-state index contributed by atoms with van der Waals surface area (Å²) < 4.78 is 32.7. The molecular weight excluding hydrogens is 342 g/mol. The lowest BCUT2D eigenvalue weighted by molar-refractivity contribution is 0.0529. The van der Waals surface area contributed by atoms with Crippen molar-refractivity contribution in [2.24, 2.45) is 0 Å². The number of methoxy groups -OCH3 is 1. The van der Waals surface area contributed by atoms with Crippen molar-refractivity contribution in [2.45, 2.75) is 0 Å². The number of carbonyl (C=O) groups is 2. The maximum absolute atomic E-state index is 13.8. The second-order valence-corrected chi connectivity index (χ2v) is 5.91. The van der Waals surface area contributed by atoms with Crippen molar-refractivity contribution in [3.8, 4) is 5.75 Å². The third-order valence-corrected chi connectivity index (χ3v) is 4.35. The van der Waals surface area contributed by atoms with E-state index in [-0.39, 0.29) is 32.1 Å². The van der Waals surface area contributed by atoms with E-state index in [4.69, 9.17) is 4.74 Å². The Morgan fingerprint density at radius 3 is 2.00 bits per heavy atom. The van der Waals surface area contributed by atoms with Gasteiger partial charge in [-0.05, 0) is 30.3 Å². The Kier molecular flexibility index (Phi) is 5.16. The van der Waals surface area contributed by atoms with E-state index in [0.29, 0.717) is 11.3 Å². The van der Waals surface area contributed by atoms with Crippen LogP contribution in [0.25, 0.3) is 0 Å². The quantitative estimate of drug-likeness (QED) is 0.845. The van der Waals surface area contributed by atoms with Crippen LogP contribution in [0.4, 0.5) is 8.78 Å². The van der Waals surface area contributed by atoms with Crippen LogP contribution in [0.5, 0.6) is 5.75 Å². The zero-order chi connectivity index (χ0) is 18.7. The van der Waals surface area contributed by atoms with Gasteiger partial charge in [-0.25, -0.2) is 8.78 Å². The Hall–Kier alpha value is -2.96. The van der Waals surface area contributed by atoms with Crippen molar-refractivity contribution in [1.82, 2.24) is 9.80 Å². The van der Waals surface area contributed by atoms with Crippen LogP contribution >= 0.6 is 0 Å². The molecule has 2 aromatic rings. The van der Waals surface area contributed by atoms with E-state index in [1.807, 2.05) is 0 Å². The largest absolute Gasteiger partial charge is 0.497 e. The SMILES string of the molecule is COc1cccc(C(=O)N2CCN(C(=O)c3c(F)cccc3F)CC2)c1. The fourth-order valence-corrected chi connectivity index (χ4v) is 2.91. The molecule has 1 fully saturated rings. The molecule has 3 rings (SSSR count). The Labute approximate surface area is 149 Å². The standard InChI is InChI=1S/C19H18F2N2O3/c1-26-14-5-2-4-13(12-14)18(24)22-8-10-23(11-9-22)19(25)17-15(20)6-3-7-16(17)21/h2-7,12H,8-11H2,1H3. The molecule has 2 amide bonds. The third kappa shape index (κ3) is 3.51. The number of benzene rings is 2. The summed E-state index contributed by atoms with van der Waals surface area (Å²) >= 11 is 0. The van der Waals surface area contributed by atoms with Gasteiger partial charge in [-0.15, -0.1) is 0 Å². The first-order chi connectivity index (χ1) is 12.5. The summed E-state index contributed by atoms with van der Waals surface area (Å²) in [6.07, 6.45) is 0. The predicted octanol–water partition coefficient (Wildman–Crippen LogP) is 2.57. The van der Waals surface area contributed by atoms with Crippen LogP contribution in [0.1, 0.15) is 20.7 Å². The highest BCUT2D eigenvalue weighted by Gasteiger charge is 2.28. The molecule has 136 valence electrons. The molecule has 0 radical (unpaired) electrons. The maximum Gasteiger partial charge on any atom is 0.259 e. The molecule has 1 aliphatic rings. The van der Waals surface area contributed by atoms with E-state index in [0.717, 1.165) is 12.1 Å². The Morgan fingerprint density at radius 2 is 1.42 bits per heavy atom. The van der Waals surface area contributed by atoms with E-state index in [2.05, 4.69) is 0 Å². The summed E-state index contributed by atoms with van der Waals surface area (Å²) in [6, 6.07) is 10.1. The van der Waals surface area contributed by atoms with Crippen LogP contribution in [0.15, 0.2) is 42.5 Å². The number of hydrogen-bond donors (Lipinski definition) is 0. The molecule has 0 atom stereocenters. The van der Waals surface area contributed by atoms with Crippen LogP contribution in [-0.4, -0.2) is 54.9 Å². The van der Waals surface area contributed by atoms with Gasteiger partial charge in [-0.3, -0.25) is 9.59 Å². The summed E-state index contributed by atoms with van der Waals surface area (Å²) in [5, 5.41) is 0. The Morgan fingerprint density at radius 1 is 0.885 bits per heavy atom. The summed E-state index contributed by atoms with van der Waals surface area (Å²) in [5.74, 6) is -2.06. The molecule has 0 aromatic heterocycles. The third-order valence-electron chi connectivity index (χ3n) is 4.35. The second-order valence-electron chi connectivity index (χ2n) is 5.91. The van der Waals surface area contributed by atoms with Crippen molar-refractivity contribution >= 4 is 11.8 Å². The summed E-state index contributed by atoms with van der Waals surface area (Å²) in [6.45, 7) is 1.00. The molecule has 1 heterocycles. The van der Waals surface area contributed by atoms with Gasteiger partial charge in [0.1, 0.15) is 22.9 Å². The number of hydrogen-bond acceptors (Lipinski definition) is 3. The van der Waals surface area contributed by atoms with Crippen molar-refractivity contribution in [2.75, 3.05) is 33.3 Å². The number of amides is 2. The monoisotopic (exact) mass is 360 g/mol. The molecule has 0 aliphatic carbocycles. The van der Waals surface area contributed by atoms with Gasteiger partial charge in [0.25, 0.3) is 11.8 Å². The van der Waals surface area contributed by atoms with Gasteiger partial charge < -0.3 is 14.5 Å². The van der Waals surface area contributed by atoms with Crippen molar-refractivity contribution in [1.29, 1.82) is 0 Å². The Bertz CT molecular complexity index is 813. The first-order valence-corrected chi connectivity index (χ1v) is 8.18. The number of rotatable bonds is 3. The average Bonchev–Trinajstić information content (AvgIpc) is 2.67. The number of piperazine rings is 1. The molecular formula is C19H18F2N2O3. The first kappa shape index (κ1) is 17.8. The number of nitrogens with zero attached hydrogens (tertiary/aromatic N) is 2. The molecule has 1 aliphatic heterocycles. The van der Waals surface area contributed by atoms with Gasteiger partial charge in [0.15, 0.2) is 0 Å². The van der Waals surface area contributed by atoms with Crippen molar-refractivity contribution < 1.29 is 23.1 Å². The van der Waals surface area contributed by atoms with Gasteiger partial charge in [-0.1, -0.05) is 12.1 Å². The van der Waals surface area contributed by atoms with E-state index in [1.54, 1.807) is 29.2 Å². The molecule has 0 N–H and O–H groups in total. The average molecular weight is 360 g/mol. The summed E-state index contributed by atoms with van der Waals surface area (Å²) in [4.78, 5) is 27.9. The van der Waals surface area contributed by atoms with Crippen LogP contribution in [0, 0.1) is 11.6 Å². The number of halogens is 2. The fraction of sp³-hybridized carbons (Fsp3) is 0.263. The first-order valence-electron chi connectivity index (χ1n) is 8.18. The molecule has 1 saturated heterocycles. The molecule has 0 spiro atoms. The van der Waals surface area contributed by atoms with Crippen LogP contribution in [-0.2, 0) is 0 Å². The lowest BCUT2D eigenvalue weighted by atomic mass is 10.1. The molecule has 5 nitrogen and oxygen atoms in total. The molecule has 0 unspecified atom stereocenters. The number of carbonyl (C=O) groups excluding carboxylic acids is 2. The zero-order valence-corrected chi connectivity index (χ0v) is 14.2. The lowest BCUT2D eigenvalue weighted by Crippen LogP contribution is -2.50. The van der Waals surface area contributed by atoms with E-state index in [9.17, 15) is 18.4 Å². The van der Waals surface area contributed by atoms with Gasteiger partial charge >= 0.3 is 0 Å². The predicted molar refractivity (Wildman–Crippen MR) is 91.2 cm³/mol. The van der Waals surface area contributed by atoms with Crippen molar-refractivity contribution in [3.05, 3.63) is 65.2 Å². The topological polar surface area (TPSA) is 49.9 Å². The smallest absolute Gasteiger partial charge is 0.259 e. The molecule has 2 aromatic carbocycles. The fourth-order valence-electron chi connectivity index (χ4n) is 2.91. The van der Waals surface area contributed by atoms with E-state index < -0.39 is 23.1 Å². The van der Waals surface area contributed by atoms with Crippen LogP contribution in [0.2, 0.25) is 0 Å². The van der Waals surface area contributed by atoms with E-state index in [1.165, 1.54) is 18.1 Å².